The van der Waals surface area contributed by atoms with E-state index in [1.54, 1.807) is 0 Å². The quantitative estimate of drug-likeness (QED) is 0.804. The van der Waals surface area contributed by atoms with Crippen LogP contribution in [0.5, 0.6) is 0 Å². The van der Waals surface area contributed by atoms with Crippen molar-refractivity contribution in [2.45, 2.75) is 39.7 Å². The van der Waals surface area contributed by atoms with Gasteiger partial charge in [-0.1, -0.05) is 0 Å². The topological polar surface area (TPSA) is 29.9 Å². The van der Waals surface area contributed by atoms with Crippen LogP contribution in [0.15, 0.2) is 6.07 Å². The van der Waals surface area contributed by atoms with Gasteiger partial charge in [0.2, 0.25) is 0 Å². The fourth-order valence-electron chi connectivity index (χ4n) is 2.53. The van der Waals surface area contributed by atoms with Crippen LogP contribution in [-0.2, 0) is 6.54 Å². The highest BCUT2D eigenvalue weighted by atomic mass is 32.2. The van der Waals surface area contributed by atoms with Crippen LogP contribution in [0.2, 0.25) is 0 Å². The molecule has 1 aromatic rings. The minimum Gasteiger partial charge on any atom is -0.316 e. The van der Waals surface area contributed by atoms with Crippen molar-refractivity contribution in [2.75, 3.05) is 24.6 Å². The first-order valence-electron chi connectivity index (χ1n) is 7.05. The molecule has 2 rings (SSSR count). The highest BCUT2D eigenvalue weighted by molar-refractivity contribution is 7.99. The van der Waals surface area contributed by atoms with Gasteiger partial charge in [-0.3, -0.25) is 4.68 Å². The number of hydrogen-bond donors (Lipinski definition) is 1. The smallest absolute Gasteiger partial charge is 0.0596 e. The molecular formula is C14H25N3S. The Labute approximate surface area is 115 Å². The van der Waals surface area contributed by atoms with E-state index in [4.69, 9.17) is 0 Å². The van der Waals surface area contributed by atoms with E-state index in [9.17, 15) is 0 Å². The van der Waals surface area contributed by atoms with Gasteiger partial charge in [0, 0.05) is 12.2 Å². The summed E-state index contributed by atoms with van der Waals surface area (Å²) in [7, 11) is 0. The Kier molecular flexibility index (Phi) is 5.57. The van der Waals surface area contributed by atoms with E-state index < -0.39 is 0 Å². The van der Waals surface area contributed by atoms with Crippen molar-refractivity contribution in [1.82, 2.24) is 15.1 Å². The van der Waals surface area contributed by atoms with Gasteiger partial charge in [0.05, 0.1) is 5.69 Å². The van der Waals surface area contributed by atoms with E-state index in [0.717, 1.165) is 24.7 Å². The third-order valence-electron chi connectivity index (χ3n) is 3.51. The normalized spacial score (nSPS) is 20.2. The second-order valence-electron chi connectivity index (χ2n) is 5.29. The molecule has 1 N–H and O–H groups in total. The monoisotopic (exact) mass is 267 g/mol. The van der Waals surface area contributed by atoms with E-state index in [1.165, 1.54) is 43.0 Å². The summed E-state index contributed by atoms with van der Waals surface area (Å²) in [6.07, 6.45) is 3.99. The molecule has 3 nitrogen and oxygen atoms in total. The molecule has 1 saturated heterocycles. The van der Waals surface area contributed by atoms with Gasteiger partial charge in [-0.2, -0.15) is 16.9 Å². The molecule has 1 atom stereocenters. The minimum atomic E-state index is 0.900. The first-order valence-corrected chi connectivity index (χ1v) is 8.20. The van der Waals surface area contributed by atoms with Gasteiger partial charge in [-0.25, -0.2) is 0 Å². The van der Waals surface area contributed by atoms with Gasteiger partial charge in [0.15, 0.2) is 0 Å². The summed E-state index contributed by atoms with van der Waals surface area (Å²) in [6.45, 7) is 7.53. The molecule has 1 fully saturated rings. The Morgan fingerprint density at radius 2 is 2.39 bits per heavy atom. The Morgan fingerprint density at radius 1 is 1.50 bits per heavy atom. The maximum absolute atomic E-state index is 4.48. The number of rotatable bonds is 6. The summed E-state index contributed by atoms with van der Waals surface area (Å²) >= 11 is 2.11. The van der Waals surface area contributed by atoms with Crippen molar-refractivity contribution in [2.24, 2.45) is 5.92 Å². The summed E-state index contributed by atoms with van der Waals surface area (Å²) in [5.41, 5.74) is 2.40. The number of aryl methyl sites for hydroxylation is 3. The molecular weight excluding hydrogens is 242 g/mol. The van der Waals surface area contributed by atoms with Crippen LogP contribution in [0.25, 0.3) is 0 Å². The van der Waals surface area contributed by atoms with Crippen molar-refractivity contribution >= 4 is 11.8 Å². The minimum absolute atomic E-state index is 0.900. The molecule has 102 valence electrons. The zero-order chi connectivity index (χ0) is 12.8. The zero-order valence-corrected chi connectivity index (χ0v) is 12.4. The molecule has 0 spiro atoms. The van der Waals surface area contributed by atoms with Crippen LogP contribution in [-0.4, -0.2) is 34.4 Å². The molecule has 1 unspecified atom stereocenters. The average Bonchev–Trinajstić information content (AvgIpc) is 2.69. The molecule has 1 aromatic heterocycles. The third-order valence-corrected chi connectivity index (χ3v) is 4.80. The maximum atomic E-state index is 4.48. The summed E-state index contributed by atoms with van der Waals surface area (Å²) in [5.74, 6) is 3.62. The number of nitrogens with one attached hydrogen (secondary N) is 1. The average molecular weight is 267 g/mol. The Bertz CT molecular complexity index is 356. The van der Waals surface area contributed by atoms with Crippen LogP contribution in [0.4, 0.5) is 0 Å². The van der Waals surface area contributed by atoms with Crippen LogP contribution >= 0.6 is 11.8 Å². The van der Waals surface area contributed by atoms with Gasteiger partial charge in [-0.05, 0) is 69.7 Å². The Hall–Kier alpha value is -0.480. The third kappa shape index (κ3) is 4.32. The summed E-state index contributed by atoms with van der Waals surface area (Å²) in [4.78, 5) is 0. The number of aromatic nitrogens is 2. The van der Waals surface area contributed by atoms with Crippen molar-refractivity contribution < 1.29 is 0 Å². The molecule has 4 heteroatoms. The molecule has 0 amide bonds. The van der Waals surface area contributed by atoms with Crippen molar-refractivity contribution in [1.29, 1.82) is 0 Å². The summed E-state index contributed by atoms with van der Waals surface area (Å²) in [6, 6.07) is 2.15. The van der Waals surface area contributed by atoms with E-state index in [2.05, 4.69) is 46.8 Å². The van der Waals surface area contributed by atoms with Gasteiger partial charge in [0.1, 0.15) is 0 Å². The molecule has 0 saturated carbocycles. The molecule has 0 bridgehead atoms. The van der Waals surface area contributed by atoms with Crippen LogP contribution < -0.4 is 5.32 Å². The first kappa shape index (κ1) is 13.9. The molecule has 1 aliphatic heterocycles. The SMILES string of the molecule is Cc1cc(C)n(CCCNCC2CCCSC2)n1. The number of hydrogen-bond acceptors (Lipinski definition) is 3. The Balaban J connectivity index is 1.57. The van der Waals surface area contributed by atoms with E-state index >= 15 is 0 Å². The van der Waals surface area contributed by atoms with Crippen molar-refractivity contribution in [3.05, 3.63) is 17.5 Å². The highest BCUT2D eigenvalue weighted by Gasteiger charge is 2.12. The lowest BCUT2D eigenvalue weighted by atomic mass is 10.1. The zero-order valence-electron chi connectivity index (χ0n) is 11.6. The largest absolute Gasteiger partial charge is 0.316 e. The Morgan fingerprint density at radius 3 is 3.06 bits per heavy atom. The molecule has 0 aromatic carbocycles. The number of thioether (sulfide) groups is 1. The van der Waals surface area contributed by atoms with Crippen LogP contribution in [0.1, 0.15) is 30.7 Å². The van der Waals surface area contributed by atoms with Gasteiger partial charge in [-0.15, -0.1) is 0 Å². The van der Waals surface area contributed by atoms with Crippen molar-refractivity contribution in [3.8, 4) is 0 Å². The lowest BCUT2D eigenvalue weighted by Crippen LogP contribution is -2.27. The maximum Gasteiger partial charge on any atom is 0.0596 e. The standard InChI is InChI=1S/C14H25N3S/c1-12-9-13(2)17(16-12)7-4-6-15-10-14-5-3-8-18-11-14/h9,14-15H,3-8,10-11H2,1-2H3. The van der Waals surface area contributed by atoms with E-state index in [1.807, 2.05) is 0 Å². The predicted octanol–water partition coefficient (Wildman–Crippen LogP) is 2.62. The molecule has 18 heavy (non-hydrogen) atoms. The highest BCUT2D eigenvalue weighted by Crippen LogP contribution is 2.21. The lowest BCUT2D eigenvalue weighted by Gasteiger charge is -2.21. The fourth-order valence-corrected chi connectivity index (χ4v) is 3.69. The molecule has 1 aliphatic rings. The summed E-state index contributed by atoms with van der Waals surface area (Å²) in [5, 5.41) is 8.08. The van der Waals surface area contributed by atoms with Crippen LogP contribution in [0, 0.1) is 19.8 Å². The van der Waals surface area contributed by atoms with Gasteiger partial charge >= 0.3 is 0 Å². The van der Waals surface area contributed by atoms with Crippen LogP contribution in [0.3, 0.4) is 0 Å². The summed E-state index contributed by atoms with van der Waals surface area (Å²) < 4.78 is 2.12. The number of nitrogens with zero attached hydrogens (tertiary/aromatic N) is 2. The van der Waals surface area contributed by atoms with Gasteiger partial charge in [0.25, 0.3) is 0 Å². The fraction of sp³-hybridized carbons (Fsp3) is 0.786. The van der Waals surface area contributed by atoms with E-state index in [0.29, 0.717) is 0 Å². The molecule has 2 heterocycles. The second kappa shape index (κ2) is 7.19. The van der Waals surface area contributed by atoms with E-state index in [-0.39, 0.29) is 0 Å². The molecule has 0 radical (unpaired) electrons. The molecule has 0 aliphatic carbocycles. The lowest BCUT2D eigenvalue weighted by molar-refractivity contribution is 0.458. The van der Waals surface area contributed by atoms with Gasteiger partial charge < -0.3 is 5.32 Å². The van der Waals surface area contributed by atoms with Crippen molar-refractivity contribution in [3.63, 3.8) is 0 Å². The first-order chi connectivity index (χ1) is 8.75. The predicted molar refractivity (Wildman–Crippen MR) is 79.2 cm³/mol. The second-order valence-corrected chi connectivity index (χ2v) is 6.44.